The zero-order valence-electron chi connectivity index (χ0n) is 14.2. The van der Waals surface area contributed by atoms with E-state index >= 15 is 0 Å². The van der Waals surface area contributed by atoms with Crippen molar-refractivity contribution in [2.75, 3.05) is 6.54 Å². The summed E-state index contributed by atoms with van der Waals surface area (Å²) in [6.07, 6.45) is 1.22. The summed E-state index contributed by atoms with van der Waals surface area (Å²) in [4.78, 5) is 6.57. The van der Waals surface area contributed by atoms with Gasteiger partial charge in [0.2, 0.25) is 10.0 Å². The van der Waals surface area contributed by atoms with Gasteiger partial charge >= 0.3 is 0 Å². The van der Waals surface area contributed by atoms with Gasteiger partial charge in [-0.25, -0.2) is 17.8 Å². The molecule has 1 aromatic rings. The molecule has 1 rings (SSSR count). The van der Waals surface area contributed by atoms with Crippen LogP contribution in [0.25, 0.3) is 10.4 Å². The van der Waals surface area contributed by atoms with E-state index in [1.54, 1.807) is 0 Å². The Balaban J connectivity index is 3.11. The average Bonchev–Trinajstić information content (AvgIpc) is 2.84. The molecular weight excluding hydrogens is 354 g/mol. The first-order valence-corrected chi connectivity index (χ1v) is 12.3. The molecule has 0 saturated heterocycles. The number of thiazole rings is 1. The third-order valence-electron chi connectivity index (χ3n) is 3.92. The van der Waals surface area contributed by atoms with Gasteiger partial charge in [0.1, 0.15) is 18.8 Å². The largest absolute Gasteiger partial charge is 0.383 e. The molecule has 0 amide bonds. The minimum Gasteiger partial charge on any atom is -0.383 e. The highest BCUT2D eigenvalue weighted by Gasteiger charge is 2.40. The van der Waals surface area contributed by atoms with E-state index in [-0.39, 0.29) is 20.8 Å². The van der Waals surface area contributed by atoms with Crippen molar-refractivity contribution in [2.45, 2.75) is 55.6 Å². The van der Waals surface area contributed by atoms with Crippen LogP contribution in [0.2, 0.25) is 18.1 Å². The minimum absolute atomic E-state index is 0.0403. The van der Waals surface area contributed by atoms with Crippen molar-refractivity contribution in [3.8, 4) is 0 Å². The Labute approximate surface area is 141 Å². The van der Waals surface area contributed by atoms with Gasteiger partial charge in [-0.1, -0.05) is 39.0 Å². The molecule has 0 spiro atoms. The van der Waals surface area contributed by atoms with Crippen LogP contribution < -0.4 is 4.39 Å². The van der Waals surface area contributed by atoms with Crippen LogP contribution in [0.4, 0.5) is 0 Å². The van der Waals surface area contributed by atoms with Gasteiger partial charge in [0.15, 0.2) is 4.21 Å². The maximum Gasteiger partial charge on any atom is 0.245 e. The fourth-order valence-electron chi connectivity index (χ4n) is 1.41. The zero-order chi connectivity index (χ0) is 18.1. The van der Waals surface area contributed by atoms with Gasteiger partial charge in [0.05, 0.1) is 12.7 Å². The van der Waals surface area contributed by atoms with Gasteiger partial charge in [-0.15, -0.1) is 11.3 Å². The Kier molecular flexibility index (Phi) is 5.67. The van der Waals surface area contributed by atoms with Gasteiger partial charge in [-0.05, 0) is 17.5 Å². The van der Waals surface area contributed by atoms with Crippen LogP contribution in [-0.4, -0.2) is 33.3 Å². The van der Waals surface area contributed by atoms with E-state index in [0.29, 0.717) is 0 Å². The third kappa shape index (κ3) is 4.75. The van der Waals surface area contributed by atoms with Gasteiger partial charge in [-0.2, -0.15) is 0 Å². The third-order valence-corrected chi connectivity index (χ3v) is 13.4. The Bertz CT molecular complexity index is 715. The molecule has 1 unspecified atom stereocenters. The smallest absolute Gasteiger partial charge is 0.245 e. The number of hydrogen-bond donors (Lipinski definition) is 2. The molecule has 1 aromatic heterocycles. The molecule has 0 aliphatic rings. The summed E-state index contributed by atoms with van der Waals surface area (Å²) < 4.78 is 28.0. The normalized spacial score (nSPS) is 15.8. The number of azide groups is 1. The second kappa shape index (κ2) is 6.50. The Morgan fingerprint density at radius 3 is 2.48 bits per heavy atom. The maximum absolute atomic E-state index is 12.6. The summed E-state index contributed by atoms with van der Waals surface area (Å²) >= 11 is 0.876. The van der Waals surface area contributed by atoms with E-state index in [4.69, 9.17) is 5.53 Å². The molecule has 1 atom stereocenters. The van der Waals surface area contributed by atoms with Crippen LogP contribution in [0, 0.1) is 0 Å². The first kappa shape index (κ1) is 20.1. The molecule has 130 valence electrons. The van der Waals surface area contributed by atoms with Crippen molar-refractivity contribution in [3.63, 3.8) is 0 Å². The van der Waals surface area contributed by atoms with Crippen molar-refractivity contribution in [2.24, 2.45) is 5.11 Å². The molecule has 2 N–H and O–H groups in total. The first-order chi connectivity index (χ1) is 10.2. The van der Waals surface area contributed by atoms with Gasteiger partial charge in [-0.3, -0.25) is 0 Å². The van der Waals surface area contributed by atoms with Crippen molar-refractivity contribution >= 4 is 29.6 Å². The van der Waals surface area contributed by atoms with Crippen molar-refractivity contribution < 1.29 is 13.5 Å². The molecule has 8 nitrogen and oxygen atoms in total. The van der Waals surface area contributed by atoms with Crippen LogP contribution in [0.5, 0.6) is 0 Å². The van der Waals surface area contributed by atoms with Crippen molar-refractivity contribution in [3.05, 3.63) is 21.6 Å². The van der Waals surface area contributed by atoms with Gasteiger partial charge in [0, 0.05) is 4.91 Å². The predicted octanol–water partition coefficient (Wildman–Crippen LogP) is 2.94. The second-order valence-corrected chi connectivity index (χ2v) is 15.4. The lowest BCUT2D eigenvalue weighted by atomic mass is 10.1. The lowest BCUT2D eigenvalue weighted by molar-refractivity contribution is 0.0666. The minimum atomic E-state index is -3.71. The molecule has 0 aliphatic carbocycles. The maximum atomic E-state index is 12.6. The number of aromatic nitrogens is 1. The Morgan fingerprint density at radius 2 is 2.00 bits per heavy atom. The van der Waals surface area contributed by atoms with E-state index in [1.807, 2.05) is 33.9 Å². The average molecular weight is 378 g/mol. The topological polar surface area (TPSA) is 128 Å². The Morgan fingerprint density at radius 1 is 1.43 bits per heavy atom. The van der Waals surface area contributed by atoms with Crippen molar-refractivity contribution in [1.82, 2.24) is 9.37 Å². The summed E-state index contributed by atoms with van der Waals surface area (Å²) in [5, 5.41) is 13.6. The molecular formula is C12H23N5O3S2Si. The highest BCUT2D eigenvalue weighted by molar-refractivity contribution is 7.93. The monoisotopic (exact) mass is 377 g/mol. The number of sulfonamides is 1. The molecule has 0 aliphatic heterocycles. The molecule has 11 heteroatoms. The molecule has 0 bridgehead atoms. The Hall–Kier alpha value is -0.973. The molecule has 23 heavy (non-hydrogen) atoms. The lowest BCUT2D eigenvalue weighted by Gasteiger charge is -2.36. The number of hydrogen-bond acceptors (Lipinski definition) is 6. The van der Waals surface area contributed by atoms with Gasteiger partial charge < -0.3 is 5.11 Å². The molecule has 0 fully saturated rings. The van der Waals surface area contributed by atoms with E-state index in [2.05, 4.69) is 19.4 Å². The number of aliphatic hydroxyl groups is 1. The SMILES string of the molecule is CC(O)(CN=[N+]=[N-])c1ncc(S(=O)(=O)N[Si](C)(C)C(C)(C)C)s1. The predicted molar refractivity (Wildman–Crippen MR) is 93.2 cm³/mol. The van der Waals surface area contributed by atoms with Crippen molar-refractivity contribution in [1.29, 1.82) is 0 Å². The van der Waals surface area contributed by atoms with Crippen LogP contribution in [0.3, 0.4) is 0 Å². The molecule has 0 saturated carbocycles. The molecule has 1 heterocycles. The second-order valence-electron chi connectivity index (χ2n) is 7.13. The van der Waals surface area contributed by atoms with Gasteiger partial charge in [0.25, 0.3) is 0 Å². The quantitative estimate of drug-likeness (QED) is 0.342. The molecule has 0 aromatic carbocycles. The number of nitrogens with zero attached hydrogens (tertiary/aromatic N) is 4. The van der Waals surface area contributed by atoms with Crippen LogP contribution in [-0.2, 0) is 15.6 Å². The first-order valence-electron chi connectivity index (χ1n) is 6.96. The van der Waals surface area contributed by atoms with Crippen LogP contribution in [0.15, 0.2) is 15.5 Å². The summed E-state index contributed by atoms with van der Waals surface area (Å²) in [7, 11) is -5.98. The molecule has 0 radical (unpaired) electrons. The zero-order valence-corrected chi connectivity index (χ0v) is 16.8. The van der Waals surface area contributed by atoms with E-state index < -0.39 is 23.9 Å². The van der Waals surface area contributed by atoms with E-state index in [1.165, 1.54) is 13.1 Å². The number of nitrogens with one attached hydrogen (secondary N) is 1. The number of rotatable bonds is 6. The van der Waals surface area contributed by atoms with E-state index in [9.17, 15) is 13.5 Å². The fourth-order valence-corrected chi connectivity index (χ4v) is 7.65. The summed E-state index contributed by atoms with van der Waals surface area (Å²) in [5.74, 6) is 0. The van der Waals surface area contributed by atoms with Crippen LogP contribution >= 0.6 is 11.3 Å². The summed E-state index contributed by atoms with van der Waals surface area (Å²) in [5.41, 5.74) is 6.85. The summed E-state index contributed by atoms with van der Waals surface area (Å²) in [6.45, 7) is 11.1. The van der Waals surface area contributed by atoms with Crippen LogP contribution in [0.1, 0.15) is 32.7 Å². The standard InChI is InChI=1S/C12H23N5O3S2Si/c1-11(2,3)23(5,6)17-22(19,20)9-7-14-10(21-9)12(4,18)8-15-16-13/h7,17-18H,8H2,1-6H3. The van der Waals surface area contributed by atoms with E-state index in [0.717, 1.165) is 11.3 Å². The fraction of sp³-hybridized carbons (Fsp3) is 0.750. The highest BCUT2D eigenvalue weighted by atomic mass is 32.2. The highest BCUT2D eigenvalue weighted by Crippen LogP contribution is 2.36. The summed E-state index contributed by atoms with van der Waals surface area (Å²) in [6, 6.07) is 0. The lowest BCUT2D eigenvalue weighted by Crippen LogP contribution is -2.54.